The maximum absolute atomic E-state index is 13.4. The number of benzene rings is 2. The SMILES string of the molecule is O=C(O)COc1ccc(/C=C2\CCOc3ccc(F)cc3C2=O)cc1. The zero-order chi connectivity index (χ0) is 17.8. The van der Waals surface area contributed by atoms with Crippen LogP contribution in [-0.4, -0.2) is 30.1 Å². The lowest BCUT2D eigenvalue weighted by atomic mass is 9.99. The summed E-state index contributed by atoms with van der Waals surface area (Å²) in [6, 6.07) is 10.6. The molecule has 0 amide bonds. The fraction of sp³-hybridized carbons (Fsp3) is 0.158. The monoisotopic (exact) mass is 342 g/mol. The summed E-state index contributed by atoms with van der Waals surface area (Å²) in [6.45, 7) is -0.0887. The zero-order valence-electron chi connectivity index (χ0n) is 13.2. The molecule has 0 spiro atoms. The van der Waals surface area contributed by atoms with Crippen molar-refractivity contribution in [1.82, 2.24) is 0 Å². The third-order valence-electron chi connectivity index (χ3n) is 3.69. The molecule has 0 saturated carbocycles. The number of carbonyl (C=O) groups excluding carboxylic acids is 1. The summed E-state index contributed by atoms with van der Waals surface area (Å²) in [5.74, 6) is -1.00. The fourth-order valence-electron chi connectivity index (χ4n) is 2.51. The summed E-state index contributed by atoms with van der Waals surface area (Å²) in [7, 11) is 0. The predicted octanol–water partition coefficient (Wildman–Crippen LogP) is 3.34. The number of carboxylic acid groups (broad SMARTS) is 1. The summed E-state index contributed by atoms with van der Waals surface area (Å²) in [5, 5.41) is 8.59. The Bertz CT molecular complexity index is 839. The first-order valence-corrected chi connectivity index (χ1v) is 7.65. The number of ether oxygens (including phenoxy) is 2. The topological polar surface area (TPSA) is 72.8 Å². The molecule has 1 aliphatic rings. The summed E-state index contributed by atoms with van der Waals surface area (Å²) >= 11 is 0. The molecule has 3 rings (SSSR count). The summed E-state index contributed by atoms with van der Waals surface area (Å²) < 4.78 is 24.0. The van der Waals surface area contributed by atoms with Gasteiger partial charge in [-0.1, -0.05) is 12.1 Å². The van der Waals surface area contributed by atoms with Crippen molar-refractivity contribution in [3.8, 4) is 11.5 Å². The van der Waals surface area contributed by atoms with Crippen molar-refractivity contribution >= 4 is 17.8 Å². The number of aliphatic carboxylic acids is 1. The number of rotatable bonds is 4. The van der Waals surface area contributed by atoms with E-state index in [1.807, 2.05) is 0 Å². The molecule has 0 atom stereocenters. The molecule has 0 saturated heterocycles. The molecular formula is C19H15FO5. The lowest BCUT2D eigenvalue weighted by molar-refractivity contribution is -0.139. The van der Waals surface area contributed by atoms with Crippen LogP contribution in [0.5, 0.6) is 11.5 Å². The van der Waals surface area contributed by atoms with Gasteiger partial charge in [0.15, 0.2) is 12.4 Å². The van der Waals surface area contributed by atoms with Crippen molar-refractivity contribution in [3.63, 3.8) is 0 Å². The van der Waals surface area contributed by atoms with E-state index < -0.39 is 18.4 Å². The lowest BCUT2D eigenvalue weighted by Gasteiger charge is -2.05. The van der Waals surface area contributed by atoms with Crippen LogP contribution in [0.2, 0.25) is 0 Å². The Labute approximate surface area is 143 Å². The maximum Gasteiger partial charge on any atom is 0.341 e. The Balaban J connectivity index is 1.83. The van der Waals surface area contributed by atoms with E-state index in [2.05, 4.69) is 0 Å². The number of hydrogen-bond donors (Lipinski definition) is 1. The van der Waals surface area contributed by atoms with Crippen LogP contribution in [0.4, 0.5) is 4.39 Å². The highest BCUT2D eigenvalue weighted by molar-refractivity contribution is 6.13. The van der Waals surface area contributed by atoms with E-state index in [4.69, 9.17) is 14.6 Å². The highest BCUT2D eigenvalue weighted by atomic mass is 19.1. The lowest BCUT2D eigenvalue weighted by Crippen LogP contribution is -2.09. The van der Waals surface area contributed by atoms with Gasteiger partial charge in [-0.25, -0.2) is 9.18 Å². The smallest absolute Gasteiger partial charge is 0.341 e. The number of carbonyl (C=O) groups is 2. The summed E-state index contributed by atoms with van der Waals surface area (Å²) in [6.07, 6.45) is 2.12. The molecule has 0 radical (unpaired) electrons. The van der Waals surface area contributed by atoms with Gasteiger partial charge in [0.2, 0.25) is 0 Å². The van der Waals surface area contributed by atoms with Crippen molar-refractivity contribution < 1.29 is 28.6 Å². The molecule has 6 heteroatoms. The molecular weight excluding hydrogens is 327 g/mol. The zero-order valence-corrected chi connectivity index (χ0v) is 13.2. The largest absolute Gasteiger partial charge is 0.492 e. The number of ketones is 1. The average Bonchev–Trinajstić information content (AvgIpc) is 2.74. The van der Waals surface area contributed by atoms with Crippen LogP contribution in [0.15, 0.2) is 48.0 Å². The van der Waals surface area contributed by atoms with Crippen molar-refractivity contribution in [3.05, 3.63) is 65.0 Å². The van der Waals surface area contributed by atoms with Gasteiger partial charge in [-0.3, -0.25) is 4.79 Å². The van der Waals surface area contributed by atoms with Crippen LogP contribution in [-0.2, 0) is 4.79 Å². The van der Waals surface area contributed by atoms with E-state index in [0.29, 0.717) is 30.1 Å². The molecule has 128 valence electrons. The first-order chi connectivity index (χ1) is 12.0. The van der Waals surface area contributed by atoms with E-state index in [0.717, 1.165) is 5.56 Å². The molecule has 0 aromatic heterocycles. The number of carboxylic acids is 1. The Hall–Kier alpha value is -3.15. The second-order valence-electron chi connectivity index (χ2n) is 5.49. The summed E-state index contributed by atoms with van der Waals surface area (Å²) in [4.78, 5) is 23.1. The van der Waals surface area contributed by atoms with E-state index in [-0.39, 0.29) is 11.3 Å². The molecule has 1 heterocycles. The quantitative estimate of drug-likeness (QED) is 0.863. The van der Waals surface area contributed by atoms with E-state index in [1.54, 1.807) is 30.3 Å². The first-order valence-electron chi connectivity index (χ1n) is 7.65. The number of hydrogen-bond acceptors (Lipinski definition) is 4. The Morgan fingerprint density at radius 1 is 1.24 bits per heavy atom. The first kappa shape index (κ1) is 16.7. The third-order valence-corrected chi connectivity index (χ3v) is 3.69. The number of Topliss-reactive ketones (excluding diaryl/α,β-unsaturated/α-hetero) is 1. The van der Waals surface area contributed by atoms with Crippen molar-refractivity contribution in [2.45, 2.75) is 6.42 Å². The molecule has 5 nitrogen and oxygen atoms in total. The molecule has 0 aliphatic carbocycles. The molecule has 1 aliphatic heterocycles. The standard InChI is InChI=1S/C19H15FO5/c20-14-3-6-17-16(10-14)19(23)13(7-8-24-17)9-12-1-4-15(5-2-12)25-11-18(21)22/h1-6,9-10H,7-8,11H2,(H,21,22)/b13-9+. The minimum atomic E-state index is -1.05. The predicted molar refractivity (Wildman–Crippen MR) is 88.4 cm³/mol. The molecule has 0 fully saturated rings. The van der Waals surface area contributed by atoms with Crippen LogP contribution in [0.3, 0.4) is 0 Å². The van der Waals surface area contributed by atoms with E-state index >= 15 is 0 Å². The number of halogens is 1. The molecule has 1 N–H and O–H groups in total. The second-order valence-corrected chi connectivity index (χ2v) is 5.49. The van der Waals surface area contributed by atoms with Gasteiger partial charge in [0, 0.05) is 12.0 Å². The highest BCUT2D eigenvalue weighted by Gasteiger charge is 2.21. The average molecular weight is 342 g/mol. The van der Waals surface area contributed by atoms with Gasteiger partial charge in [-0.2, -0.15) is 0 Å². The normalized spacial score (nSPS) is 15.2. The highest BCUT2D eigenvalue weighted by Crippen LogP contribution is 2.28. The van der Waals surface area contributed by atoms with Crippen molar-refractivity contribution in [1.29, 1.82) is 0 Å². The van der Waals surface area contributed by atoms with Gasteiger partial charge in [-0.05, 0) is 42.0 Å². The van der Waals surface area contributed by atoms with E-state index in [9.17, 15) is 14.0 Å². The minimum Gasteiger partial charge on any atom is -0.492 e. The van der Waals surface area contributed by atoms with Gasteiger partial charge in [-0.15, -0.1) is 0 Å². The Kier molecular flexibility index (Phi) is 4.79. The van der Waals surface area contributed by atoms with Crippen LogP contribution in [0.1, 0.15) is 22.3 Å². The number of fused-ring (bicyclic) bond motifs is 1. The van der Waals surface area contributed by atoms with Crippen LogP contribution in [0.25, 0.3) is 6.08 Å². The van der Waals surface area contributed by atoms with Crippen LogP contribution in [0, 0.1) is 5.82 Å². The third kappa shape index (κ3) is 4.03. The van der Waals surface area contributed by atoms with Gasteiger partial charge in [0.05, 0.1) is 12.2 Å². The van der Waals surface area contributed by atoms with Crippen LogP contribution < -0.4 is 9.47 Å². The molecule has 0 unspecified atom stereocenters. The molecule has 0 bridgehead atoms. The Morgan fingerprint density at radius 2 is 2.00 bits per heavy atom. The van der Waals surface area contributed by atoms with Crippen molar-refractivity contribution in [2.75, 3.05) is 13.2 Å². The maximum atomic E-state index is 13.4. The summed E-state index contributed by atoms with van der Waals surface area (Å²) in [5.41, 5.74) is 1.49. The molecule has 2 aromatic rings. The molecule has 2 aromatic carbocycles. The van der Waals surface area contributed by atoms with E-state index in [1.165, 1.54) is 18.2 Å². The van der Waals surface area contributed by atoms with Crippen LogP contribution >= 0.6 is 0 Å². The minimum absolute atomic E-state index is 0.213. The van der Waals surface area contributed by atoms with Crippen molar-refractivity contribution in [2.24, 2.45) is 0 Å². The van der Waals surface area contributed by atoms with Gasteiger partial charge >= 0.3 is 5.97 Å². The fourth-order valence-corrected chi connectivity index (χ4v) is 2.51. The van der Waals surface area contributed by atoms with Gasteiger partial charge in [0.1, 0.15) is 17.3 Å². The van der Waals surface area contributed by atoms with Gasteiger partial charge in [0.25, 0.3) is 0 Å². The second kappa shape index (κ2) is 7.17. The van der Waals surface area contributed by atoms with Gasteiger partial charge < -0.3 is 14.6 Å². The Morgan fingerprint density at radius 3 is 2.72 bits per heavy atom. The molecule has 25 heavy (non-hydrogen) atoms.